The van der Waals surface area contributed by atoms with E-state index >= 15 is 0 Å². The first kappa shape index (κ1) is 10.4. The minimum absolute atomic E-state index is 0.581. The largest absolute Gasteiger partial charge is 0.288 e. The third-order valence-corrected chi connectivity index (χ3v) is 4.43. The number of hydrogen-bond donors (Lipinski definition) is 0. The van der Waals surface area contributed by atoms with Crippen molar-refractivity contribution < 1.29 is 0 Å². The maximum Gasteiger partial charge on any atom is 0.0590 e. The number of thiophene rings is 1. The highest BCUT2D eigenvalue weighted by Gasteiger charge is 2.10. The lowest BCUT2D eigenvalue weighted by Gasteiger charge is -2.16. The van der Waals surface area contributed by atoms with Gasteiger partial charge in [-0.2, -0.15) is 0 Å². The highest BCUT2D eigenvalue weighted by Crippen LogP contribution is 2.23. The van der Waals surface area contributed by atoms with Gasteiger partial charge in [0.05, 0.1) is 4.88 Å². The molecule has 0 saturated heterocycles. The minimum atomic E-state index is 0.581. The van der Waals surface area contributed by atoms with Crippen LogP contribution in [0.25, 0.3) is 0 Å². The lowest BCUT2D eigenvalue weighted by Crippen LogP contribution is -2.09. The molecule has 0 N–H and O–H groups in total. The van der Waals surface area contributed by atoms with Gasteiger partial charge in [0.25, 0.3) is 0 Å². The number of nitrogens with zero attached hydrogens (tertiary/aromatic N) is 1. The third-order valence-electron chi connectivity index (χ3n) is 2.62. The van der Waals surface area contributed by atoms with Crippen molar-refractivity contribution >= 4 is 33.5 Å². The van der Waals surface area contributed by atoms with E-state index in [9.17, 15) is 0 Å². The molecule has 1 nitrogen and oxygen atoms in total. The zero-order valence-electron chi connectivity index (χ0n) is 8.08. The van der Waals surface area contributed by atoms with E-state index in [1.807, 2.05) is 6.21 Å². The summed E-state index contributed by atoms with van der Waals surface area (Å²) in [7, 11) is 0. The molecule has 0 aliphatic heterocycles. The van der Waals surface area contributed by atoms with Crippen LogP contribution in [0.1, 0.15) is 37.0 Å². The Kier molecular flexibility index (Phi) is 3.76. The molecule has 1 fully saturated rings. The molecule has 76 valence electrons. The number of halogens is 1. The van der Waals surface area contributed by atoms with Gasteiger partial charge in [0.2, 0.25) is 0 Å². The van der Waals surface area contributed by atoms with Gasteiger partial charge in [-0.3, -0.25) is 4.99 Å². The van der Waals surface area contributed by atoms with E-state index in [0.29, 0.717) is 6.04 Å². The molecular formula is C11H14BrNS. The van der Waals surface area contributed by atoms with E-state index in [4.69, 9.17) is 0 Å². The summed E-state index contributed by atoms with van der Waals surface area (Å²) in [5, 5.41) is 2.09. The van der Waals surface area contributed by atoms with Gasteiger partial charge in [0.1, 0.15) is 0 Å². The van der Waals surface area contributed by atoms with E-state index in [0.717, 1.165) is 0 Å². The molecule has 0 radical (unpaired) electrons. The first-order valence-electron chi connectivity index (χ1n) is 5.12. The summed E-state index contributed by atoms with van der Waals surface area (Å²) >= 11 is 5.25. The van der Waals surface area contributed by atoms with Crippen LogP contribution in [0.2, 0.25) is 0 Å². The molecular weight excluding hydrogens is 258 g/mol. The van der Waals surface area contributed by atoms with Gasteiger partial charge in [0, 0.05) is 16.7 Å². The van der Waals surface area contributed by atoms with E-state index in [-0.39, 0.29) is 0 Å². The van der Waals surface area contributed by atoms with Crippen molar-refractivity contribution in [3.05, 3.63) is 20.8 Å². The molecule has 0 amide bonds. The molecule has 1 heterocycles. The average Bonchev–Trinajstić information content (AvgIpc) is 2.63. The SMILES string of the molecule is Brc1ccsc1C=NC1CCCCC1. The highest BCUT2D eigenvalue weighted by molar-refractivity contribution is 9.10. The standard InChI is InChI=1S/C11H14BrNS/c12-10-6-7-14-11(10)8-13-9-4-2-1-3-5-9/h6-9H,1-5H2. The smallest absolute Gasteiger partial charge is 0.0590 e. The third kappa shape index (κ3) is 2.67. The first-order chi connectivity index (χ1) is 6.86. The summed E-state index contributed by atoms with van der Waals surface area (Å²) in [4.78, 5) is 5.89. The molecule has 0 aromatic carbocycles. The fourth-order valence-corrected chi connectivity index (χ4v) is 3.14. The summed E-state index contributed by atoms with van der Waals surface area (Å²) in [6, 6.07) is 2.66. The zero-order chi connectivity index (χ0) is 9.80. The number of aliphatic imine (C=N–C) groups is 1. The van der Waals surface area contributed by atoms with Crippen LogP contribution >= 0.6 is 27.3 Å². The predicted molar refractivity (Wildman–Crippen MR) is 66.5 cm³/mol. The Morgan fingerprint density at radius 2 is 2.14 bits per heavy atom. The Bertz CT molecular complexity index is 313. The summed E-state index contributed by atoms with van der Waals surface area (Å²) in [5.74, 6) is 0. The van der Waals surface area contributed by atoms with Crippen LogP contribution in [0.5, 0.6) is 0 Å². The second kappa shape index (κ2) is 5.08. The van der Waals surface area contributed by atoms with E-state index in [1.54, 1.807) is 11.3 Å². The summed E-state index contributed by atoms with van der Waals surface area (Å²) in [6.45, 7) is 0. The van der Waals surface area contributed by atoms with Crippen LogP contribution in [0.15, 0.2) is 20.9 Å². The van der Waals surface area contributed by atoms with Crippen molar-refractivity contribution in [2.24, 2.45) is 4.99 Å². The lowest BCUT2D eigenvalue weighted by atomic mass is 9.96. The van der Waals surface area contributed by atoms with Crippen LogP contribution in [0.3, 0.4) is 0 Å². The van der Waals surface area contributed by atoms with Crippen molar-refractivity contribution in [2.45, 2.75) is 38.1 Å². The monoisotopic (exact) mass is 271 g/mol. The van der Waals surface area contributed by atoms with Crippen LogP contribution < -0.4 is 0 Å². The normalized spacial score (nSPS) is 19.2. The van der Waals surface area contributed by atoms with Crippen molar-refractivity contribution in [1.29, 1.82) is 0 Å². The molecule has 1 aromatic heterocycles. The van der Waals surface area contributed by atoms with Gasteiger partial charge in [-0.15, -0.1) is 11.3 Å². The summed E-state index contributed by atoms with van der Waals surface area (Å²) < 4.78 is 1.17. The Labute approximate surface area is 97.4 Å². The minimum Gasteiger partial charge on any atom is -0.288 e. The maximum atomic E-state index is 4.64. The van der Waals surface area contributed by atoms with Gasteiger partial charge in [-0.05, 0) is 40.2 Å². The van der Waals surface area contributed by atoms with Gasteiger partial charge < -0.3 is 0 Å². The first-order valence-corrected chi connectivity index (χ1v) is 6.80. The Balaban J connectivity index is 1.95. The molecule has 1 aliphatic carbocycles. The lowest BCUT2D eigenvalue weighted by molar-refractivity contribution is 0.444. The van der Waals surface area contributed by atoms with Crippen molar-refractivity contribution in [1.82, 2.24) is 0 Å². The summed E-state index contributed by atoms with van der Waals surface area (Å²) in [5.41, 5.74) is 0. The van der Waals surface area contributed by atoms with Gasteiger partial charge in [0.15, 0.2) is 0 Å². The average molecular weight is 272 g/mol. The van der Waals surface area contributed by atoms with Gasteiger partial charge in [-0.25, -0.2) is 0 Å². The molecule has 1 saturated carbocycles. The fraction of sp³-hybridized carbons (Fsp3) is 0.545. The predicted octanol–water partition coefficient (Wildman–Crippen LogP) is 4.26. The molecule has 1 aliphatic rings. The van der Waals surface area contributed by atoms with E-state index in [2.05, 4.69) is 32.4 Å². The maximum absolute atomic E-state index is 4.64. The molecule has 3 heteroatoms. The second-order valence-corrected chi connectivity index (χ2v) is 5.50. The second-order valence-electron chi connectivity index (χ2n) is 3.70. The Morgan fingerprint density at radius 1 is 1.36 bits per heavy atom. The van der Waals surface area contributed by atoms with Crippen molar-refractivity contribution in [3.8, 4) is 0 Å². The molecule has 0 spiro atoms. The van der Waals surface area contributed by atoms with Crippen LogP contribution in [-0.4, -0.2) is 12.3 Å². The molecule has 1 aromatic rings. The summed E-state index contributed by atoms with van der Waals surface area (Å²) in [6.07, 6.45) is 8.69. The van der Waals surface area contributed by atoms with E-state index in [1.165, 1.54) is 41.5 Å². The molecule has 14 heavy (non-hydrogen) atoms. The van der Waals surface area contributed by atoms with Crippen LogP contribution in [0, 0.1) is 0 Å². The topological polar surface area (TPSA) is 12.4 Å². The van der Waals surface area contributed by atoms with Crippen LogP contribution in [0.4, 0.5) is 0 Å². The zero-order valence-corrected chi connectivity index (χ0v) is 10.5. The van der Waals surface area contributed by atoms with Crippen molar-refractivity contribution in [2.75, 3.05) is 0 Å². The molecule has 2 rings (SSSR count). The number of rotatable bonds is 2. The molecule has 0 atom stereocenters. The van der Waals surface area contributed by atoms with Crippen LogP contribution in [-0.2, 0) is 0 Å². The fourth-order valence-electron chi connectivity index (χ4n) is 1.80. The quantitative estimate of drug-likeness (QED) is 0.713. The highest BCUT2D eigenvalue weighted by atomic mass is 79.9. The van der Waals surface area contributed by atoms with E-state index < -0.39 is 0 Å². The van der Waals surface area contributed by atoms with Crippen molar-refractivity contribution in [3.63, 3.8) is 0 Å². The van der Waals surface area contributed by atoms with Gasteiger partial charge in [-0.1, -0.05) is 19.3 Å². The molecule has 0 bridgehead atoms. The molecule has 0 unspecified atom stereocenters. The van der Waals surface area contributed by atoms with Gasteiger partial charge >= 0.3 is 0 Å². The Morgan fingerprint density at radius 3 is 2.79 bits per heavy atom. The Hall–Kier alpha value is -0.150. The number of hydrogen-bond acceptors (Lipinski definition) is 2.